The van der Waals surface area contributed by atoms with Crippen molar-refractivity contribution in [3.05, 3.63) is 40.4 Å². The Balaban J connectivity index is 1.89. The normalized spacial score (nSPS) is 13.6. The number of nitriles is 1. The van der Waals surface area contributed by atoms with Crippen molar-refractivity contribution in [3.63, 3.8) is 0 Å². The van der Waals surface area contributed by atoms with Gasteiger partial charge in [-0.3, -0.25) is 4.40 Å². The first kappa shape index (κ1) is 10.7. The number of aryl methyl sites for hydroxylation is 2. The van der Waals surface area contributed by atoms with Gasteiger partial charge in [0.1, 0.15) is 0 Å². The predicted molar refractivity (Wildman–Crippen MR) is 73.0 cm³/mol. The summed E-state index contributed by atoms with van der Waals surface area (Å²) in [6, 6.07) is 7.91. The predicted octanol–water partition coefficient (Wildman–Crippen LogP) is 2.82. The molecule has 4 rings (SSSR count). The molecule has 3 heterocycles. The van der Waals surface area contributed by atoms with Crippen LogP contribution in [0.1, 0.15) is 22.4 Å². The summed E-state index contributed by atoms with van der Waals surface area (Å²) in [6.07, 6.45) is 5.51. The summed E-state index contributed by atoms with van der Waals surface area (Å²) in [5.74, 6) is 0.874. The van der Waals surface area contributed by atoms with E-state index in [2.05, 4.69) is 22.3 Å². The first-order valence-corrected chi connectivity index (χ1v) is 7.03. The Morgan fingerprint density at radius 2 is 2.21 bits per heavy atom. The number of fused-ring (bicyclic) bond motifs is 2. The molecule has 0 spiro atoms. The lowest BCUT2D eigenvalue weighted by atomic mass is 10.2. The molecule has 1 aliphatic rings. The maximum absolute atomic E-state index is 8.89. The Bertz CT molecular complexity index is 800. The van der Waals surface area contributed by atoms with Crippen molar-refractivity contribution < 1.29 is 0 Å². The van der Waals surface area contributed by atoms with Crippen LogP contribution in [0, 0.1) is 11.3 Å². The molecular formula is C14H10N4S. The molecule has 3 aromatic rings. The van der Waals surface area contributed by atoms with Crippen molar-refractivity contribution in [1.82, 2.24) is 14.6 Å². The second-order valence-electron chi connectivity index (χ2n) is 4.69. The highest BCUT2D eigenvalue weighted by Crippen LogP contribution is 2.35. The van der Waals surface area contributed by atoms with Gasteiger partial charge in [-0.05, 0) is 37.0 Å². The summed E-state index contributed by atoms with van der Waals surface area (Å²) in [7, 11) is 0. The molecule has 92 valence electrons. The van der Waals surface area contributed by atoms with Crippen LogP contribution in [0.25, 0.3) is 16.3 Å². The fourth-order valence-electron chi connectivity index (χ4n) is 2.57. The minimum Gasteiger partial charge on any atom is -0.282 e. The van der Waals surface area contributed by atoms with Crippen LogP contribution in [0.5, 0.6) is 0 Å². The van der Waals surface area contributed by atoms with Gasteiger partial charge >= 0.3 is 0 Å². The summed E-state index contributed by atoms with van der Waals surface area (Å²) in [4.78, 5) is 2.65. The lowest BCUT2D eigenvalue weighted by Gasteiger charge is -1.97. The van der Waals surface area contributed by atoms with Crippen LogP contribution in [0.4, 0.5) is 0 Å². The molecule has 5 heteroatoms. The zero-order valence-corrected chi connectivity index (χ0v) is 10.9. The first-order chi connectivity index (χ1) is 9.35. The molecule has 3 aromatic heterocycles. The monoisotopic (exact) mass is 266 g/mol. The quantitative estimate of drug-likeness (QED) is 0.680. The average molecular weight is 266 g/mol. The zero-order valence-electron chi connectivity index (χ0n) is 10.1. The van der Waals surface area contributed by atoms with Crippen LogP contribution >= 0.6 is 11.3 Å². The number of thiophene rings is 1. The van der Waals surface area contributed by atoms with Gasteiger partial charge in [0.25, 0.3) is 0 Å². The number of pyridine rings is 1. The minimum absolute atomic E-state index is 0.611. The Kier molecular flexibility index (Phi) is 2.20. The molecule has 0 atom stereocenters. The smallest absolute Gasteiger partial charge is 0.178 e. The molecular weight excluding hydrogens is 256 g/mol. The summed E-state index contributed by atoms with van der Waals surface area (Å²) >= 11 is 1.82. The van der Waals surface area contributed by atoms with E-state index in [1.165, 1.54) is 34.6 Å². The highest BCUT2D eigenvalue weighted by atomic mass is 32.1. The van der Waals surface area contributed by atoms with Crippen molar-refractivity contribution in [1.29, 1.82) is 5.26 Å². The van der Waals surface area contributed by atoms with E-state index in [0.717, 1.165) is 11.5 Å². The molecule has 0 saturated carbocycles. The summed E-state index contributed by atoms with van der Waals surface area (Å²) in [6.45, 7) is 0. The Morgan fingerprint density at radius 1 is 1.26 bits per heavy atom. The van der Waals surface area contributed by atoms with E-state index < -0.39 is 0 Å². The van der Waals surface area contributed by atoms with Crippen LogP contribution in [0.2, 0.25) is 0 Å². The molecule has 0 aliphatic heterocycles. The largest absolute Gasteiger partial charge is 0.282 e. The number of aromatic nitrogens is 3. The molecule has 0 radical (unpaired) electrons. The number of hydrogen-bond donors (Lipinski definition) is 0. The standard InChI is InChI=1S/C14H10N4S/c15-8-9-4-5-18-13(6-9)16-17-14(18)12-7-10-2-1-3-11(10)19-12/h4-7H,1-3H2. The molecule has 1 aliphatic carbocycles. The van der Waals surface area contributed by atoms with E-state index >= 15 is 0 Å². The topological polar surface area (TPSA) is 54.0 Å². The van der Waals surface area contributed by atoms with E-state index in [9.17, 15) is 0 Å². The van der Waals surface area contributed by atoms with Gasteiger partial charge in [-0.2, -0.15) is 5.26 Å². The molecule has 0 unspecified atom stereocenters. The third-order valence-corrected chi connectivity index (χ3v) is 4.74. The van der Waals surface area contributed by atoms with Gasteiger partial charge in [-0.15, -0.1) is 21.5 Å². The number of hydrogen-bond acceptors (Lipinski definition) is 4. The van der Waals surface area contributed by atoms with Gasteiger partial charge in [0.05, 0.1) is 16.5 Å². The fourth-order valence-corrected chi connectivity index (χ4v) is 3.80. The molecule has 0 N–H and O–H groups in total. The molecule has 0 bridgehead atoms. The Morgan fingerprint density at radius 3 is 3.05 bits per heavy atom. The van der Waals surface area contributed by atoms with Gasteiger partial charge in [0, 0.05) is 17.1 Å². The lowest BCUT2D eigenvalue weighted by molar-refractivity contribution is 0.914. The number of nitrogens with zero attached hydrogens (tertiary/aromatic N) is 4. The molecule has 0 saturated heterocycles. The minimum atomic E-state index is 0.611. The second-order valence-corrected chi connectivity index (χ2v) is 5.83. The van der Waals surface area contributed by atoms with Gasteiger partial charge in [-0.1, -0.05) is 0 Å². The van der Waals surface area contributed by atoms with Crippen molar-refractivity contribution >= 4 is 17.0 Å². The summed E-state index contributed by atoms with van der Waals surface area (Å²) < 4.78 is 1.95. The third kappa shape index (κ3) is 1.57. The van der Waals surface area contributed by atoms with Crippen LogP contribution < -0.4 is 0 Å². The number of rotatable bonds is 1. The molecule has 19 heavy (non-hydrogen) atoms. The van der Waals surface area contributed by atoms with Gasteiger partial charge < -0.3 is 0 Å². The van der Waals surface area contributed by atoms with Crippen LogP contribution in [-0.4, -0.2) is 14.6 Å². The summed E-state index contributed by atoms with van der Waals surface area (Å²) in [5, 5.41) is 17.3. The Labute approximate surface area is 114 Å². The highest BCUT2D eigenvalue weighted by Gasteiger charge is 2.18. The van der Waals surface area contributed by atoms with E-state index in [0.29, 0.717) is 5.56 Å². The van der Waals surface area contributed by atoms with Gasteiger partial charge in [0.15, 0.2) is 11.5 Å². The van der Waals surface area contributed by atoms with E-state index in [1.54, 1.807) is 12.1 Å². The van der Waals surface area contributed by atoms with Gasteiger partial charge in [0.2, 0.25) is 0 Å². The highest BCUT2D eigenvalue weighted by molar-refractivity contribution is 7.15. The molecule has 0 fully saturated rings. The maximum Gasteiger partial charge on any atom is 0.178 e. The van der Waals surface area contributed by atoms with Crippen LogP contribution in [0.3, 0.4) is 0 Å². The molecule has 0 aromatic carbocycles. The molecule has 0 amide bonds. The van der Waals surface area contributed by atoms with E-state index in [4.69, 9.17) is 5.26 Å². The first-order valence-electron chi connectivity index (χ1n) is 6.22. The van der Waals surface area contributed by atoms with Gasteiger partial charge in [-0.25, -0.2) is 0 Å². The van der Waals surface area contributed by atoms with Crippen LogP contribution in [-0.2, 0) is 12.8 Å². The fraction of sp³-hybridized carbons (Fsp3) is 0.214. The van der Waals surface area contributed by atoms with Crippen molar-refractivity contribution in [3.8, 4) is 16.8 Å². The summed E-state index contributed by atoms with van der Waals surface area (Å²) in [5.41, 5.74) is 2.80. The second kappa shape index (κ2) is 3.90. The zero-order chi connectivity index (χ0) is 12.8. The maximum atomic E-state index is 8.89. The van der Waals surface area contributed by atoms with E-state index in [1.807, 2.05) is 21.9 Å². The molecule has 4 nitrogen and oxygen atoms in total. The van der Waals surface area contributed by atoms with Crippen molar-refractivity contribution in [2.75, 3.05) is 0 Å². The van der Waals surface area contributed by atoms with Crippen molar-refractivity contribution in [2.24, 2.45) is 0 Å². The lowest BCUT2D eigenvalue weighted by Crippen LogP contribution is -1.88. The van der Waals surface area contributed by atoms with Crippen LogP contribution in [0.15, 0.2) is 24.4 Å². The average Bonchev–Trinajstić information content (AvgIpc) is 3.10. The Hall–Kier alpha value is -2.19. The van der Waals surface area contributed by atoms with Crippen molar-refractivity contribution in [2.45, 2.75) is 19.3 Å². The third-order valence-electron chi connectivity index (χ3n) is 3.51. The SMILES string of the molecule is N#Cc1ccn2c(-c3cc4c(s3)CCC4)nnc2c1. The van der Waals surface area contributed by atoms with E-state index in [-0.39, 0.29) is 0 Å².